The van der Waals surface area contributed by atoms with Crippen LogP contribution in [0, 0.1) is 10.1 Å². The first-order valence-corrected chi connectivity index (χ1v) is 10.1. The Morgan fingerprint density at radius 3 is 2.93 bits per heavy atom. The minimum absolute atomic E-state index is 0.00552. The first-order valence-electron chi connectivity index (χ1n) is 8.46. The highest BCUT2D eigenvalue weighted by Crippen LogP contribution is 2.34. The van der Waals surface area contributed by atoms with Crippen LogP contribution in [-0.2, 0) is 6.54 Å². The van der Waals surface area contributed by atoms with Gasteiger partial charge in [-0.25, -0.2) is 14.6 Å². The number of halogens is 1. The molecule has 4 rings (SSSR count). The Morgan fingerprint density at radius 1 is 1.28 bits per heavy atom. The van der Waals surface area contributed by atoms with Gasteiger partial charge in [0.2, 0.25) is 0 Å². The van der Waals surface area contributed by atoms with Crippen LogP contribution in [0.1, 0.15) is 5.69 Å². The highest BCUT2D eigenvalue weighted by atomic mass is 79.9. The van der Waals surface area contributed by atoms with Crippen molar-refractivity contribution in [2.45, 2.75) is 6.54 Å². The lowest BCUT2D eigenvalue weighted by Gasteiger charge is -2.06. The molecule has 0 unspecified atom stereocenters. The van der Waals surface area contributed by atoms with E-state index in [4.69, 9.17) is 4.74 Å². The van der Waals surface area contributed by atoms with Gasteiger partial charge in [0.15, 0.2) is 5.82 Å². The molecule has 2 aromatic heterocycles. The van der Waals surface area contributed by atoms with E-state index in [0.717, 1.165) is 26.5 Å². The standard InChI is InChI=1S/C19H14BrN5O3S/c1-28-17-6-5-13(20)8-16(17)19-22-14(10-29-19)9-24-11-21-18(23-24)12-3-2-4-15(7-12)25(26)27/h2-8,10-11H,9H2,1H3. The lowest BCUT2D eigenvalue weighted by molar-refractivity contribution is -0.384. The molecule has 0 N–H and O–H groups in total. The molecule has 8 nitrogen and oxygen atoms in total. The van der Waals surface area contributed by atoms with Gasteiger partial charge in [0.1, 0.15) is 17.1 Å². The number of nitrogens with zero attached hydrogens (tertiary/aromatic N) is 5. The lowest BCUT2D eigenvalue weighted by atomic mass is 10.2. The first-order chi connectivity index (χ1) is 14.0. The van der Waals surface area contributed by atoms with E-state index in [1.165, 1.54) is 23.5 Å². The van der Waals surface area contributed by atoms with Crippen LogP contribution in [0.3, 0.4) is 0 Å². The van der Waals surface area contributed by atoms with Gasteiger partial charge >= 0.3 is 0 Å². The Bertz CT molecular complexity index is 1190. The van der Waals surface area contributed by atoms with Crippen molar-refractivity contribution in [3.05, 3.63) is 74.5 Å². The molecule has 10 heteroatoms. The van der Waals surface area contributed by atoms with Gasteiger partial charge in [-0.05, 0) is 18.2 Å². The molecule has 2 heterocycles. The number of aromatic nitrogens is 4. The summed E-state index contributed by atoms with van der Waals surface area (Å²) >= 11 is 5.00. The number of nitro groups is 1. The zero-order valence-corrected chi connectivity index (χ0v) is 17.6. The largest absolute Gasteiger partial charge is 0.496 e. The van der Waals surface area contributed by atoms with E-state index in [-0.39, 0.29) is 5.69 Å². The van der Waals surface area contributed by atoms with E-state index >= 15 is 0 Å². The maximum atomic E-state index is 11.0. The van der Waals surface area contributed by atoms with E-state index in [0.29, 0.717) is 17.9 Å². The molecular formula is C19H14BrN5O3S. The molecule has 0 aliphatic heterocycles. The summed E-state index contributed by atoms with van der Waals surface area (Å²) in [7, 11) is 1.63. The van der Waals surface area contributed by atoms with Gasteiger partial charge < -0.3 is 4.74 Å². The van der Waals surface area contributed by atoms with Crippen LogP contribution < -0.4 is 4.74 Å². The van der Waals surface area contributed by atoms with Crippen molar-refractivity contribution in [2.75, 3.05) is 7.11 Å². The van der Waals surface area contributed by atoms with Crippen molar-refractivity contribution >= 4 is 33.0 Å². The van der Waals surface area contributed by atoms with Gasteiger partial charge in [0.05, 0.1) is 29.8 Å². The highest BCUT2D eigenvalue weighted by Gasteiger charge is 2.13. The third kappa shape index (κ3) is 4.17. The first kappa shape index (κ1) is 19.2. The van der Waals surface area contributed by atoms with E-state index in [9.17, 15) is 10.1 Å². The fourth-order valence-electron chi connectivity index (χ4n) is 2.78. The van der Waals surface area contributed by atoms with E-state index < -0.39 is 4.92 Å². The molecule has 0 saturated carbocycles. The molecule has 0 amide bonds. The summed E-state index contributed by atoms with van der Waals surface area (Å²) in [6.45, 7) is 0.439. The van der Waals surface area contributed by atoms with Crippen LogP contribution in [-0.4, -0.2) is 31.8 Å². The summed E-state index contributed by atoms with van der Waals surface area (Å²) in [6.07, 6.45) is 1.59. The third-order valence-electron chi connectivity index (χ3n) is 4.12. The second-order valence-corrected chi connectivity index (χ2v) is 7.84. The van der Waals surface area contributed by atoms with Gasteiger partial charge in [-0.15, -0.1) is 11.3 Å². The van der Waals surface area contributed by atoms with Crippen LogP contribution in [0.2, 0.25) is 0 Å². The van der Waals surface area contributed by atoms with Gasteiger partial charge in [0, 0.05) is 27.5 Å². The topological polar surface area (TPSA) is 96.0 Å². The second-order valence-electron chi connectivity index (χ2n) is 6.06. The lowest BCUT2D eigenvalue weighted by Crippen LogP contribution is -2.01. The number of benzene rings is 2. The summed E-state index contributed by atoms with van der Waals surface area (Å²) < 4.78 is 8.04. The molecule has 0 atom stereocenters. The molecule has 0 aliphatic carbocycles. The number of methoxy groups -OCH3 is 1. The Morgan fingerprint density at radius 2 is 2.14 bits per heavy atom. The fraction of sp³-hybridized carbons (Fsp3) is 0.105. The zero-order valence-electron chi connectivity index (χ0n) is 15.2. The molecule has 0 bridgehead atoms. The van der Waals surface area contributed by atoms with Crippen LogP contribution >= 0.6 is 27.3 Å². The molecule has 29 heavy (non-hydrogen) atoms. The van der Waals surface area contributed by atoms with Gasteiger partial charge in [-0.3, -0.25) is 10.1 Å². The SMILES string of the molecule is COc1ccc(Br)cc1-c1nc(Cn2cnc(-c3cccc([N+](=O)[O-])c3)n2)cs1. The number of non-ortho nitro benzene ring substituents is 1. The zero-order chi connectivity index (χ0) is 20.4. The third-order valence-corrected chi connectivity index (χ3v) is 5.54. The Balaban J connectivity index is 1.56. The van der Waals surface area contributed by atoms with Crippen molar-refractivity contribution in [2.24, 2.45) is 0 Å². The van der Waals surface area contributed by atoms with Crippen molar-refractivity contribution in [1.82, 2.24) is 19.7 Å². The Hall–Kier alpha value is -3.11. The predicted octanol–water partition coefficient (Wildman–Crippen LogP) is 4.80. The van der Waals surface area contributed by atoms with Crippen LogP contribution in [0.25, 0.3) is 22.0 Å². The number of rotatable bonds is 6. The van der Waals surface area contributed by atoms with Crippen molar-refractivity contribution in [1.29, 1.82) is 0 Å². The average molecular weight is 472 g/mol. The summed E-state index contributed by atoms with van der Waals surface area (Å²) in [5, 5.41) is 18.2. The molecule has 0 fully saturated rings. The van der Waals surface area contributed by atoms with Gasteiger partial charge in [-0.1, -0.05) is 28.1 Å². The maximum Gasteiger partial charge on any atom is 0.270 e. The highest BCUT2D eigenvalue weighted by molar-refractivity contribution is 9.10. The number of hydrogen-bond donors (Lipinski definition) is 0. The summed E-state index contributed by atoms with van der Waals surface area (Å²) in [6, 6.07) is 12.0. The van der Waals surface area contributed by atoms with E-state index in [1.54, 1.807) is 30.3 Å². The minimum Gasteiger partial charge on any atom is -0.496 e. The van der Waals surface area contributed by atoms with E-state index in [1.807, 2.05) is 23.6 Å². The number of ether oxygens (including phenoxy) is 1. The molecule has 2 aromatic carbocycles. The van der Waals surface area contributed by atoms with Crippen molar-refractivity contribution in [3.63, 3.8) is 0 Å². The summed E-state index contributed by atoms with van der Waals surface area (Å²) in [5.74, 6) is 1.18. The molecule has 0 aliphatic rings. The predicted molar refractivity (Wildman–Crippen MR) is 113 cm³/mol. The van der Waals surface area contributed by atoms with Gasteiger partial charge in [0.25, 0.3) is 5.69 Å². The smallest absolute Gasteiger partial charge is 0.270 e. The quantitative estimate of drug-likeness (QED) is 0.296. The van der Waals surface area contributed by atoms with Crippen molar-refractivity contribution < 1.29 is 9.66 Å². The number of thiazole rings is 1. The number of hydrogen-bond acceptors (Lipinski definition) is 7. The summed E-state index contributed by atoms with van der Waals surface area (Å²) in [4.78, 5) is 19.5. The maximum absolute atomic E-state index is 11.0. The van der Waals surface area contributed by atoms with Crippen LogP contribution in [0.5, 0.6) is 5.75 Å². The van der Waals surface area contributed by atoms with Crippen LogP contribution in [0.4, 0.5) is 5.69 Å². The fourth-order valence-corrected chi connectivity index (χ4v) is 3.97. The molecule has 0 spiro atoms. The average Bonchev–Trinajstić information content (AvgIpc) is 3.38. The molecular weight excluding hydrogens is 458 g/mol. The Labute approximate surface area is 178 Å². The second kappa shape index (κ2) is 8.10. The minimum atomic E-state index is -0.437. The molecule has 146 valence electrons. The molecule has 0 saturated heterocycles. The molecule has 0 radical (unpaired) electrons. The van der Waals surface area contributed by atoms with Crippen LogP contribution in [0.15, 0.2) is 58.6 Å². The monoisotopic (exact) mass is 471 g/mol. The van der Waals surface area contributed by atoms with Gasteiger partial charge in [-0.2, -0.15) is 5.10 Å². The molecule has 4 aromatic rings. The normalized spacial score (nSPS) is 10.8. The van der Waals surface area contributed by atoms with E-state index in [2.05, 4.69) is 31.0 Å². The number of nitro benzene ring substituents is 1. The Kier molecular flexibility index (Phi) is 5.36. The van der Waals surface area contributed by atoms with Crippen molar-refractivity contribution in [3.8, 4) is 27.7 Å². The summed E-state index contributed by atoms with van der Waals surface area (Å²) in [5.41, 5.74) is 2.35.